The molecule has 0 atom stereocenters. The predicted octanol–water partition coefficient (Wildman–Crippen LogP) is 0.732. The molecule has 1 aromatic carbocycles. The van der Waals surface area contributed by atoms with Crippen LogP contribution in [0.5, 0.6) is 5.75 Å². The maximum absolute atomic E-state index is 11.7. The third-order valence-corrected chi connectivity index (χ3v) is 2.23. The summed E-state index contributed by atoms with van der Waals surface area (Å²) in [5.74, 6) is 0.378. The van der Waals surface area contributed by atoms with E-state index in [1.54, 1.807) is 32.3 Å². The number of hydrogen-bond acceptors (Lipinski definition) is 4. The molecular formula is C12H18N2O3. The lowest BCUT2D eigenvalue weighted by Gasteiger charge is -2.13. The van der Waals surface area contributed by atoms with Crippen LogP contribution >= 0.6 is 0 Å². The molecular weight excluding hydrogens is 220 g/mol. The molecule has 5 heteroatoms. The number of aliphatic hydroxyl groups excluding tert-OH is 1. The second kappa shape index (κ2) is 6.10. The van der Waals surface area contributed by atoms with Crippen molar-refractivity contribution in [1.29, 1.82) is 0 Å². The number of ether oxygens (including phenoxy) is 1. The van der Waals surface area contributed by atoms with Gasteiger partial charge in [0.25, 0.3) is 5.91 Å². The Morgan fingerprint density at radius 2 is 2.18 bits per heavy atom. The van der Waals surface area contributed by atoms with Gasteiger partial charge in [0.05, 0.1) is 12.3 Å². The number of anilines is 1. The third kappa shape index (κ3) is 3.64. The van der Waals surface area contributed by atoms with Gasteiger partial charge < -0.3 is 20.5 Å². The van der Waals surface area contributed by atoms with Crippen LogP contribution in [0, 0.1) is 0 Å². The van der Waals surface area contributed by atoms with Gasteiger partial charge in [-0.1, -0.05) is 0 Å². The van der Waals surface area contributed by atoms with E-state index in [2.05, 4.69) is 0 Å². The zero-order chi connectivity index (χ0) is 12.8. The fourth-order valence-electron chi connectivity index (χ4n) is 1.30. The molecule has 0 saturated heterocycles. The Morgan fingerprint density at radius 1 is 1.47 bits per heavy atom. The SMILES string of the molecule is CN(C)C(=O)c1ccc(N)c(OCCCO)c1. The monoisotopic (exact) mass is 238 g/mol. The van der Waals surface area contributed by atoms with Gasteiger partial charge in [0, 0.05) is 32.7 Å². The number of rotatable bonds is 5. The number of carbonyl (C=O) groups excluding carboxylic acids is 1. The largest absolute Gasteiger partial charge is 0.491 e. The fourth-order valence-corrected chi connectivity index (χ4v) is 1.30. The fraction of sp³-hybridized carbons (Fsp3) is 0.417. The van der Waals surface area contributed by atoms with E-state index >= 15 is 0 Å². The highest BCUT2D eigenvalue weighted by molar-refractivity contribution is 5.94. The second-order valence-electron chi connectivity index (χ2n) is 3.88. The van der Waals surface area contributed by atoms with Crippen molar-refractivity contribution in [1.82, 2.24) is 4.90 Å². The van der Waals surface area contributed by atoms with E-state index in [0.717, 1.165) is 0 Å². The molecule has 3 N–H and O–H groups in total. The van der Waals surface area contributed by atoms with Gasteiger partial charge in [0.1, 0.15) is 5.75 Å². The summed E-state index contributed by atoms with van der Waals surface area (Å²) in [6.07, 6.45) is 0.533. The molecule has 0 aliphatic rings. The highest BCUT2D eigenvalue weighted by Crippen LogP contribution is 2.23. The van der Waals surface area contributed by atoms with Crippen LogP contribution in [0.4, 0.5) is 5.69 Å². The summed E-state index contributed by atoms with van der Waals surface area (Å²) < 4.78 is 5.39. The number of amides is 1. The number of nitrogens with zero attached hydrogens (tertiary/aromatic N) is 1. The maximum Gasteiger partial charge on any atom is 0.253 e. The van der Waals surface area contributed by atoms with Gasteiger partial charge >= 0.3 is 0 Å². The van der Waals surface area contributed by atoms with Crippen LogP contribution in [0.3, 0.4) is 0 Å². The Balaban J connectivity index is 2.83. The zero-order valence-corrected chi connectivity index (χ0v) is 10.1. The minimum atomic E-state index is -0.1000. The smallest absolute Gasteiger partial charge is 0.253 e. The van der Waals surface area contributed by atoms with Gasteiger partial charge in [-0.15, -0.1) is 0 Å². The average molecular weight is 238 g/mol. The molecule has 0 aliphatic heterocycles. The Labute approximate surface area is 101 Å². The molecule has 0 spiro atoms. The van der Waals surface area contributed by atoms with Crippen molar-refractivity contribution >= 4 is 11.6 Å². The van der Waals surface area contributed by atoms with E-state index in [1.807, 2.05) is 0 Å². The Morgan fingerprint density at radius 3 is 2.76 bits per heavy atom. The van der Waals surface area contributed by atoms with Crippen LogP contribution in [0.2, 0.25) is 0 Å². The molecule has 0 aromatic heterocycles. The lowest BCUT2D eigenvalue weighted by Crippen LogP contribution is -2.21. The highest BCUT2D eigenvalue weighted by atomic mass is 16.5. The lowest BCUT2D eigenvalue weighted by molar-refractivity contribution is 0.0827. The van der Waals surface area contributed by atoms with Crippen LogP contribution in [0.25, 0.3) is 0 Å². The Kier molecular flexibility index (Phi) is 4.78. The quantitative estimate of drug-likeness (QED) is 0.586. The van der Waals surface area contributed by atoms with Crippen molar-refractivity contribution in [3.63, 3.8) is 0 Å². The zero-order valence-electron chi connectivity index (χ0n) is 10.1. The summed E-state index contributed by atoms with van der Waals surface area (Å²) in [4.78, 5) is 13.2. The highest BCUT2D eigenvalue weighted by Gasteiger charge is 2.10. The first-order valence-corrected chi connectivity index (χ1v) is 5.41. The standard InChI is InChI=1S/C12H18N2O3/c1-14(2)12(16)9-4-5-10(13)11(8-9)17-7-3-6-15/h4-5,8,15H,3,6-7,13H2,1-2H3. The Hall–Kier alpha value is -1.75. The van der Waals surface area contributed by atoms with Crippen molar-refractivity contribution in [2.75, 3.05) is 33.0 Å². The molecule has 0 radical (unpaired) electrons. The van der Waals surface area contributed by atoms with Crippen LogP contribution in [-0.4, -0.2) is 43.2 Å². The molecule has 17 heavy (non-hydrogen) atoms. The average Bonchev–Trinajstić information content (AvgIpc) is 2.30. The molecule has 1 rings (SSSR count). The van der Waals surface area contributed by atoms with E-state index < -0.39 is 0 Å². The van der Waals surface area contributed by atoms with E-state index in [0.29, 0.717) is 30.0 Å². The van der Waals surface area contributed by atoms with Crippen LogP contribution < -0.4 is 10.5 Å². The van der Waals surface area contributed by atoms with Gasteiger partial charge in [-0.25, -0.2) is 0 Å². The number of carbonyl (C=O) groups is 1. The molecule has 94 valence electrons. The van der Waals surface area contributed by atoms with Crippen LogP contribution in [-0.2, 0) is 0 Å². The van der Waals surface area contributed by atoms with Crippen molar-refractivity contribution in [2.24, 2.45) is 0 Å². The van der Waals surface area contributed by atoms with Crippen LogP contribution in [0.1, 0.15) is 16.8 Å². The minimum absolute atomic E-state index is 0.0657. The number of benzene rings is 1. The van der Waals surface area contributed by atoms with Crippen molar-refractivity contribution in [3.8, 4) is 5.75 Å². The van der Waals surface area contributed by atoms with Gasteiger partial charge in [-0.3, -0.25) is 4.79 Å². The minimum Gasteiger partial charge on any atom is -0.491 e. The third-order valence-electron chi connectivity index (χ3n) is 2.23. The maximum atomic E-state index is 11.7. The topological polar surface area (TPSA) is 75.8 Å². The summed E-state index contributed by atoms with van der Waals surface area (Å²) in [5.41, 5.74) is 6.75. The van der Waals surface area contributed by atoms with Gasteiger partial charge in [0.2, 0.25) is 0 Å². The summed E-state index contributed by atoms with van der Waals surface area (Å²) in [6, 6.07) is 4.93. The first-order chi connectivity index (χ1) is 8.06. The number of nitrogen functional groups attached to an aromatic ring is 1. The van der Waals surface area contributed by atoms with Crippen molar-refractivity contribution < 1.29 is 14.6 Å². The van der Waals surface area contributed by atoms with Crippen molar-refractivity contribution in [2.45, 2.75) is 6.42 Å². The summed E-state index contributed by atoms with van der Waals surface area (Å²) in [7, 11) is 3.37. The lowest BCUT2D eigenvalue weighted by atomic mass is 10.1. The first-order valence-electron chi connectivity index (χ1n) is 5.41. The van der Waals surface area contributed by atoms with Gasteiger partial charge in [-0.2, -0.15) is 0 Å². The van der Waals surface area contributed by atoms with Gasteiger partial charge in [-0.05, 0) is 18.2 Å². The summed E-state index contributed by atoms with van der Waals surface area (Å²) in [6.45, 7) is 0.441. The molecule has 0 aliphatic carbocycles. The molecule has 0 bridgehead atoms. The van der Waals surface area contributed by atoms with Crippen LogP contribution in [0.15, 0.2) is 18.2 Å². The second-order valence-corrected chi connectivity index (χ2v) is 3.88. The van der Waals surface area contributed by atoms with E-state index in [9.17, 15) is 4.79 Å². The summed E-state index contributed by atoms with van der Waals surface area (Å²) in [5, 5.41) is 8.66. The molecule has 0 fully saturated rings. The number of aliphatic hydroxyl groups is 1. The normalized spacial score (nSPS) is 10.1. The van der Waals surface area contributed by atoms with Gasteiger partial charge in [0.15, 0.2) is 0 Å². The number of hydrogen-bond donors (Lipinski definition) is 2. The van der Waals surface area contributed by atoms with Crippen molar-refractivity contribution in [3.05, 3.63) is 23.8 Å². The molecule has 1 aromatic rings. The summed E-state index contributed by atoms with van der Waals surface area (Å²) >= 11 is 0. The molecule has 0 saturated carbocycles. The van der Waals surface area contributed by atoms with E-state index in [-0.39, 0.29) is 12.5 Å². The molecule has 0 unspecified atom stereocenters. The predicted molar refractivity (Wildman–Crippen MR) is 66.1 cm³/mol. The molecule has 5 nitrogen and oxygen atoms in total. The first kappa shape index (κ1) is 13.3. The molecule has 0 heterocycles. The molecule has 1 amide bonds. The van der Waals surface area contributed by atoms with E-state index in [4.69, 9.17) is 15.6 Å². The number of nitrogens with two attached hydrogens (primary N) is 1. The van der Waals surface area contributed by atoms with E-state index in [1.165, 1.54) is 4.90 Å². The Bertz CT molecular complexity index is 391.